The number of aromatic nitrogens is 5. The molecule has 0 saturated carbocycles. The summed E-state index contributed by atoms with van der Waals surface area (Å²) < 4.78 is 3.87. The Kier molecular flexibility index (Phi) is 6.42. The first-order valence-corrected chi connectivity index (χ1v) is 10.7. The molecule has 0 aliphatic rings. The molecule has 7 nitrogen and oxygen atoms in total. The van der Waals surface area contributed by atoms with Crippen LogP contribution in [0.25, 0.3) is 11.4 Å². The zero-order chi connectivity index (χ0) is 21.1. The Balaban J connectivity index is 1.81. The molecule has 154 valence electrons. The van der Waals surface area contributed by atoms with E-state index in [-0.39, 0.29) is 11.2 Å². The minimum absolute atomic E-state index is 0.0719. The van der Waals surface area contributed by atoms with Crippen LogP contribution in [0.2, 0.25) is 0 Å². The molecule has 2 aromatic heterocycles. The highest BCUT2D eigenvalue weighted by Crippen LogP contribution is 2.28. The Morgan fingerprint density at radius 2 is 2.00 bits per heavy atom. The fourth-order valence-corrected chi connectivity index (χ4v) is 4.06. The predicted molar refractivity (Wildman–Crippen MR) is 117 cm³/mol. The number of aryl methyl sites for hydroxylation is 3. The molecule has 29 heavy (non-hydrogen) atoms. The van der Waals surface area contributed by atoms with Crippen molar-refractivity contribution in [3.8, 4) is 11.4 Å². The van der Waals surface area contributed by atoms with Crippen LogP contribution in [0.3, 0.4) is 0 Å². The first-order valence-electron chi connectivity index (χ1n) is 9.79. The molecule has 0 bridgehead atoms. The average molecular weight is 413 g/mol. The van der Waals surface area contributed by atoms with Gasteiger partial charge in [-0.25, -0.2) is 0 Å². The highest BCUT2D eigenvalue weighted by molar-refractivity contribution is 8.00. The number of thioether (sulfide) groups is 1. The summed E-state index contributed by atoms with van der Waals surface area (Å²) in [5.41, 5.74) is 4.74. The molecule has 0 fully saturated rings. The van der Waals surface area contributed by atoms with Gasteiger partial charge < -0.3 is 9.88 Å². The quantitative estimate of drug-likeness (QED) is 0.590. The summed E-state index contributed by atoms with van der Waals surface area (Å²) in [5.74, 6) is 0.766. The molecule has 1 aromatic carbocycles. The Labute approximate surface area is 175 Å². The summed E-state index contributed by atoms with van der Waals surface area (Å²) in [6, 6.07) is 8.24. The van der Waals surface area contributed by atoms with Gasteiger partial charge in [0.2, 0.25) is 5.91 Å². The van der Waals surface area contributed by atoms with E-state index < -0.39 is 0 Å². The third-order valence-corrected chi connectivity index (χ3v) is 5.93. The van der Waals surface area contributed by atoms with Gasteiger partial charge in [0.05, 0.1) is 22.3 Å². The molecule has 8 heteroatoms. The van der Waals surface area contributed by atoms with Gasteiger partial charge in [0, 0.05) is 19.2 Å². The molecule has 0 spiro atoms. The van der Waals surface area contributed by atoms with E-state index in [2.05, 4.69) is 51.2 Å². The lowest BCUT2D eigenvalue weighted by atomic mass is 10.1. The summed E-state index contributed by atoms with van der Waals surface area (Å²) in [6.07, 6.45) is 0.957. The Hall–Kier alpha value is -2.61. The topological polar surface area (TPSA) is 77.6 Å². The zero-order valence-electron chi connectivity index (χ0n) is 17.9. The second kappa shape index (κ2) is 8.82. The van der Waals surface area contributed by atoms with Crippen molar-refractivity contribution in [3.05, 3.63) is 41.2 Å². The number of nitrogens with zero attached hydrogens (tertiary/aromatic N) is 5. The molecule has 3 aromatic rings. The Morgan fingerprint density at radius 3 is 2.62 bits per heavy atom. The summed E-state index contributed by atoms with van der Waals surface area (Å²) in [4.78, 5) is 12.8. The van der Waals surface area contributed by atoms with Gasteiger partial charge in [-0.3, -0.25) is 9.48 Å². The summed E-state index contributed by atoms with van der Waals surface area (Å²) in [7, 11) is 1.87. The minimum atomic E-state index is -0.320. The first-order chi connectivity index (χ1) is 13.8. The minimum Gasteiger partial charge on any atom is -0.322 e. The van der Waals surface area contributed by atoms with Crippen LogP contribution < -0.4 is 5.32 Å². The van der Waals surface area contributed by atoms with Crippen LogP contribution in [0, 0.1) is 20.8 Å². The van der Waals surface area contributed by atoms with Crippen molar-refractivity contribution in [2.75, 3.05) is 5.32 Å². The standard InChI is InChI=1S/C21H28N6OS/c1-7-11-27-19(17-10-8-9-13(2)12-17)23-24-21(27)29-16(5)20(28)22-18-14(3)25-26(6)15(18)4/h8-10,12,16H,7,11H2,1-6H3,(H,22,28). The molecular formula is C21H28N6OS. The molecule has 0 saturated heterocycles. The number of hydrogen-bond acceptors (Lipinski definition) is 5. The van der Waals surface area contributed by atoms with E-state index in [1.807, 2.05) is 40.0 Å². The van der Waals surface area contributed by atoms with E-state index >= 15 is 0 Å². The Bertz CT molecular complexity index is 1020. The van der Waals surface area contributed by atoms with Crippen molar-refractivity contribution in [2.45, 2.75) is 58.0 Å². The normalized spacial score (nSPS) is 12.2. The van der Waals surface area contributed by atoms with E-state index in [4.69, 9.17) is 0 Å². The van der Waals surface area contributed by atoms with E-state index in [9.17, 15) is 4.79 Å². The lowest BCUT2D eigenvalue weighted by molar-refractivity contribution is -0.115. The van der Waals surface area contributed by atoms with Crippen LogP contribution in [0.5, 0.6) is 0 Å². The number of anilines is 1. The third kappa shape index (κ3) is 4.53. The monoisotopic (exact) mass is 412 g/mol. The van der Waals surface area contributed by atoms with Gasteiger partial charge in [-0.05, 0) is 40.2 Å². The second-order valence-electron chi connectivity index (χ2n) is 7.25. The van der Waals surface area contributed by atoms with Gasteiger partial charge in [0.15, 0.2) is 11.0 Å². The highest BCUT2D eigenvalue weighted by Gasteiger charge is 2.22. The molecule has 0 radical (unpaired) electrons. The van der Waals surface area contributed by atoms with Gasteiger partial charge in [-0.2, -0.15) is 5.10 Å². The van der Waals surface area contributed by atoms with Gasteiger partial charge in [-0.1, -0.05) is 42.4 Å². The van der Waals surface area contributed by atoms with Gasteiger partial charge in [-0.15, -0.1) is 10.2 Å². The summed E-state index contributed by atoms with van der Waals surface area (Å²) in [5, 5.41) is 16.6. The molecule has 1 atom stereocenters. The van der Waals surface area contributed by atoms with E-state index in [1.54, 1.807) is 4.68 Å². The molecule has 3 rings (SSSR count). The van der Waals surface area contributed by atoms with E-state index in [0.717, 1.165) is 46.6 Å². The molecular weight excluding hydrogens is 384 g/mol. The number of nitrogens with one attached hydrogen (secondary N) is 1. The maximum Gasteiger partial charge on any atom is 0.237 e. The van der Waals surface area contributed by atoms with Crippen LogP contribution in [0.15, 0.2) is 29.4 Å². The summed E-state index contributed by atoms with van der Waals surface area (Å²) >= 11 is 1.43. The van der Waals surface area contributed by atoms with Crippen molar-refractivity contribution < 1.29 is 4.79 Å². The van der Waals surface area contributed by atoms with E-state index in [1.165, 1.54) is 17.3 Å². The maximum absolute atomic E-state index is 12.8. The number of benzene rings is 1. The van der Waals surface area contributed by atoms with Crippen molar-refractivity contribution >= 4 is 23.4 Å². The summed E-state index contributed by atoms with van der Waals surface area (Å²) in [6.45, 7) is 10.7. The number of carbonyl (C=O) groups excluding carboxylic acids is 1. The fourth-order valence-electron chi connectivity index (χ4n) is 3.19. The SMILES string of the molecule is CCCn1c(SC(C)C(=O)Nc2c(C)nn(C)c2C)nnc1-c1cccc(C)c1. The van der Waals surface area contributed by atoms with Crippen molar-refractivity contribution in [3.63, 3.8) is 0 Å². The lowest BCUT2D eigenvalue weighted by Gasteiger charge is -2.14. The molecule has 1 amide bonds. The van der Waals surface area contributed by atoms with Crippen LogP contribution in [0.1, 0.15) is 37.2 Å². The van der Waals surface area contributed by atoms with Crippen LogP contribution in [0.4, 0.5) is 5.69 Å². The van der Waals surface area contributed by atoms with Crippen molar-refractivity contribution in [2.24, 2.45) is 7.05 Å². The Morgan fingerprint density at radius 1 is 1.24 bits per heavy atom. The smallest absolute Gasteiger partial charge is 0.237 e. The first kappa shape index (κ1) is 21.1. The predicted octanol–water partition coefficient (Wildman–Crippen LogP) is 4.13. The number of rotatable bonds is 7. The third-order valence-electron chi connectivity index (χ3n) is 4.85. The zero-order valence-corrected chi connectivity index (χ0v) is 18.7. The average Bonchev–Trinajstić information content (AvgIpc) is 3.17. The molecule has 0 aliphatic carbocycles. The largest absolute Gasteiger partial charge is 0.322 e. The lowest BCUT2D eigenvalue weighted by Crippen LogP contribution is -2.23. The van der Waals surface area contributed by atoms with Crippen LogP contribution in [-0.4, -0.2) is 35.7 Å². The van der Waals surface area contributed by atoms with Crippen LogP contribution in [-0.2, 0) is 18.4 Å². The molecule has 1 unspecified atom stereocenters. The van der Waals surface area contributed by atoms with Crippen molar-refractivity contribution in [1.29, 1.82) is 0 Å². The maximum atomic E-state index is 12.8. The van der Waals surface area contributed by atoms with Crippen molar-refractivity contribution in [1.82, 2.24) is 24.5 Å². The fraction of sp³-hybridized carbons (Fsp3) is 0.429. The molecule has 2 heterocycles. The number of carbonyl (C=O) groups is 1. The number of amides is 1. The van der Waals surface area contributed by atoms with E-state index in [0.29, 0.717) is 0 Å². The highest BCUT2D eigenvalue weighted by atomic mass is 32.2. The van der Waals surface area contributed by atoms with Gasteiger partial charge in [0.25, 0.3) is 0 Å². The number of hydrogen-bond donors (Lipinski definition) is 1. The van der Waals surface area contributed by atoms with Gasteiger partial charge in [0.1, 0.15) is 0 Å². The molecule has 1 N–H and O–H groups in total. The van der Waals surface area contributed by atoms with Gasteiger partial charge >= 0.3 is 0 Å². The second-order valence-corrected chi connectivity index (χ2v) is 8.55. The van der Waals surface area contributed by atoms with Crippen LogP contribution >= 0.6 is 11.8 Å². The molecule has 0 aliphatic heterocycles.